The molecule has 0 fully saturated rings. The maximum absolute atomic E-state index is 12.5. The second-order valence-electron chi connectivity index (χ2n) is 7.52. The minimum atomic E-state index is -3.70. The number of ether oxygens (including phenoxy) is 1. The van der Waals surface area contributed by atoms with Crippen LogP contribution in [-0.2, 0) is 14.8 Å². The van der Waals surface area contributed by atoms with Gasteiger partial charge in [0, 0.05) is 22.0 Å². The summed E-state index contributed by atoms with van der Waals surface area (Å²) in [5.41, 5.74) is 5.95. The Balaban J connectivity index is 1.76. The molecule has 0 aliphatic carbocycles. The van der Waals surface area contributed by atoms with Gasteiger partial charge in [-0.1, -0.05) is 23.2 Å². The van der Waals surface area contributed by atoms with E-state index in [9.17, 15) is 13.2 Å². The molecular formula is C23H24Cl2N4O4S. The Morgan fingerprint density at radius 2 is 1.82 bits per heavy atom. The number of nitrogens with one attached hydrogen (secondary N) is 1. The lowest BCUT2D eigenvalue weighted by Crippen LogP contribution is -2.39. The fourth-order valence-electron chi connectivity index (χ4n) is 3.43. The summed E-state index contributed by atoms with van der Waals surface area (Å²) >= 11 is 12.5. The van der Waals surface area contributed by atoms with E-state index in [0.717, 1.165) is 33.2 Å². The zero-order valence-electron chi connectivity index (χ0n) is 19.0. The van der Waals surface area contributed by atoms with Crippen molar-refractivity contribution in [2.24, 2.45) is 5.10 Å². The van der Waals surface area contributed by atoms with E-state index < -0.39 is 22.5 Å². The summed E-state index contributed by atoms with van der Waals surface area (Å²) in [5, 5.41) is 5.11. The number of methoxy groups -OCH3 is 1. The summed E-state index contributed by atoms with van der Waals surface area (Å²) < 4.78 is 32.5. The maximum atomic E-state index is 12.5. The molecule has 1 amide bonds. The molecule has 0 unspecified atom stereocenters. The smallest absolute Gasteiger partial charge is 0.260 e. The summed E-state index contributed by atoms with van der Waals surface area (Å²) in [6.07, 6.45) is 2.52. The number of aromatic nitrogens is 1. The summed E-state index contributed by atoms with van der Waals surface area (Å²) in [5.74, 6) is -0.0212. The molecule has 1 N–H and O–H groups in total. The molecule has 0 spiro atoms. The summed E-state index contributed by atoms with van der Waals surface area (Å²) in [6.45, 7) is 3.38. The fourth-order valence-corrected chi connectivity index (χ4v) is 4.66. The number of amides is 1. The van der Waals surface area contributed by atoms with Crippen molar-refractivity contribution in [3.05, 3.63) is 75.5 Å². The summed E-state index contributed by atoms with van der Waals surface area (Å²) in [7, 11) is -2.19. The average Bonchev–Trinajstić information content (AvgIpc) is 3.06. The van der Waals surface area contributed by atoms with Gasteiger partial charge in [-0.3, -0.25) is 9.10 Å². The van der Waals surface area contributed by atoms with Gasteiger partial charge >= 0.3 is 0 Å². The number of hydrazone groups is 1. The Labute approximate surface area is 208 Å². The fraction of sp³-hybridized carbons (Fsp3) is 0.217. The van der Waals surface area contributed by atoms with Crippen LogP contribution in [0.1, 0.15) is 17.0 Å². The largest absolute Gasteiger partial charge is 0.497 e. The third-order valence-electron chi connectivity index (χ3n) is 5.06. The van der Waals surface area contributed by atoms with Gasteiger partial charge < -0.3 is 9.30 Å². The van der Waals surface area contributed by atoms with Gasteiger partial charge in [-0.05, 0) is 62.4 Å². The SMILES string of the molecule is COc1ccc(N(CC(=O)N/N=C/c2cc(C)n(-c3cc(Cl)ccc3Cl)c2C)S(C)(=O)=O)cc1. The Morgan fingerprint density at radius 3 is 2.44 bits per heavy atom. The zero-order valence-corrected chi connectivity index (χ0v) is 21.4. The van der Waals surface area contributed by atoms with Crippen molar-refractivity contribution in [3.63, 3.8) is 0 Å². The minimum absolute atomic E-state index is 0.337. The molecule has 0 radical (unpaired) electrons. The van der Waals surface area contributed by atoms with Crippen molar-refractivity contribution < 1.29 is 17.9 Å². The van der Waals surface area contributed by atoms with Crippen LogP contribution in [0.2, 0.25) is 10.0 Å². The lowest BCUT2D eigenvalue weighted by Gasteiger charge is -2.21. The summed E-state index contributed by atoms with van der Waals surface area (Å²) in [6, 6.07) is 13.5. The third-order valence-corrected chi connectivity index (χ3v) is 6.76. The number of rotatable bonds is 8. The highest BCUT2D eigenvalue weighted by atomic mass is 35.5. The first-order valence-corrected chi connectivity index (χ1v) is 12.7. The molecule has 8 nitrogen and oxygen atoms in total. The number of halogens is 2. The second kappa shape index (κ2) is 10.5. The van der Waals surface area contributed by atoms with Crippen LogP contribution < -0.4 is 14.5 Å². The highest BCUT2D eigenvalue weighted by Crippen LogP contribution is 2.28. The van der Waals surface area contributed by atoms with E-state index in [1.807, 2.05) is 24.5 Å². The van der Waals surface area contributed by atoms with E-state index in [0.29, 0.717) is 21.5 Å². The van der Waals surface area contributed by atoms with Crippen LogP contribution in [0.3, 0.4) is 0 Å². The molecular weight excluding hydrogens is 499 g/mol. The average molecular weight is 523 g/mol. The predicted molar refractivity (Wildman–Crippen MR) is 136 cm³/mol. The van der Waals surface area contributed by atoms with Crippen LogP contribution in [0, 0.1) is 13.8 Å². The molecule has 2 aromatic carbocycles. The van der Waals surface area contributed by atoms with E-state index in [-0.39, 0.29) is 0 Å². The number of carbonyl (C=O) groups excluding carboxylic acids is 1. The number of sulfonamides is 1. The van der Waals surface area contributed by atoms with Crippen molar-refractivity contribution in [2.75, 3.05) is 24.2 Å². The van der Waals surface area contributed by atoms with Gasteiger partial charge in [0.25, 0.3) is 5.91 Å². The Bertz CT molecular complexity index is 1340. The maximum Gasteiger partial charge on any atom is 0.260 e. The highest BCUT2D eigenvalue weighted by Gasteiger charge is 2.21. The standard InChI is InChI=1S/C23H24Cl2N4O4S/c1-15-11-17(16(2)29(15)22-12-18(24)5-10-21(22)25)13-26-27-23(30)14-28(34(4,31)32)19-6-8-20(33-3)9-7-19/h5-13H,14H2,1-4H3,(H,27,30)/b26-13+. The lowest BCUT2D eigenvalue weighted by molar-refractivity contribution is -0.119. The lowest BCUT2D eigenvalue weighted by atomic mass is 10.2. The van der Waals surface area contributed by atoms with Crippen LogP contribution in [0.15, 0.2) is 53.6 Å². The van der Waals surface area contributed by atoms with Crippen LogP contribution in [0.25, 0.3) is 5.69 Å². The molecule has 34 heavy (non-hydrogen) atoms. The first-order chi connectivity index (χ1) is 16.0. The molecule has 0 aliphatic heterocycles. The van der Waals surface area contributed by atoms with Gasteiger partial charge in [0.2, 0.25) is 10.0 Å². The molecule has 0 aliphatic rings. The van der Waals surface area contributed by atoms with Gasteiger partial charge in [-0.2, -0.15) is 5.10 Å². The predicted octanol–water partition coefficient (Wildman–Crippen LogP) is 4.33. The Hall–Kier alpha value is -3.01. The van der Waals surface area contributed by atoms with E-state index in [1.54, 1.807) is 42.5 Å². The first-order valence-electron chi connectivity index (χ1n) is 10.1. The van der Waals surface area contributed by atoms with Crippen LogP contribution in [-0.4, -0.2) is 45.0 Å². The normalized spacial score (nSPS) is 11.6. The molecule has 0 saturated carbocycles. The van der Waals surface area contributed by atoms with E-state index in [4.69, 9.17) is 27.9 Å². The molecule has 3 rings (SSSR count). The van der Waals surface area contributed by atoms with Crippen molar-refractivity contribution >= 4 is 51.0 Å². The molecule has 180 valence electrons. The highest BCUT2D eigenvalue weighted by molar-refractivity contribution is 7.92. The van der Waals surface area contributed by atoms with Gasteiger partial charge in [0.1, 0.15) is 12.3 Å². The van der Waals surface area contributed by atoms with Gasteiger partial charge in [-0.15, -0.1) is 0 Å². The number of anilines is 1. The number of aryl methyl sites for hydroxylation is 1. The van der Waals surface area contributed by atoms with Crippen molar-refractivity contribution in [1.29, 1.82) is 0 Å². The second-order valence-corrected chi connectivity index (χ2v) is 10.3. The number of hydrogen-bond donors (Lipinski definition) is 1. The molecule has 0 atom stereocenters. The molecule has 0 bridgehead atoms. The Morgan fingerprint density at radius 1 is 1.15 bits per heavy atom. The van der Waals surface area contributed by atoms with Gasteiger partial charge in [0.15, 0.2) is 0 Å². The minimum Gasteiger partial charge on any atom is -0.497 e. The quantitative estimate of drug-likeness (QED) is 0.352. The summed E-state index contributed by atoms with van der Waals surface area (Å²) in [4.78, 5) is 12.5. The van der Waals surface area contributed by atoms with Crippen LogP contribution in [0.4, 0.5) is 5.69 Å². The van der Waals surface area contributed by atoms with Crippen LogP contribution >= 0.6 is 23.2 Å². The number of carbonyl (C=O) groups is 1. The van der Waals surface area contributed by atoms with Crippen LogP contribution in [0.5, 0.6) is 5.75 Å². The Kier molecular flexibility index (Phi) is 7.91. The van der Waals surface area contributed by atoms with Crippen molar-refractivity contribution in [2.45, 2.75) is 13.8 Å². The van der Waals surface area contributed by atoms with E-state index in [1.165, 1.54) is 13.3 Å². The van der Waals surface area contributed by atoms with Gasteiger partial charge in [0.05, 0.1) is 36.0 Å². The monoisotopic (exact) mass is 522 g/mol. The molecule has 0 saturated heterocycles. The van der Waals surface area contributed by atoms with Gasteiger partial charge in [-0.25, -0.2) is 13.8 Å². The third kappa shape index (κ3) is 5.91. The molecule has 3 aromatic rings. The number of hydrogen-bond acceptors (Lipinski definition) is 5. The molecule has 11 heteroatoms. The molecule has 1 aromatic heterocycles. The zero-order chi connectivity index (χ0) is 25.0. The van der Waals surface area contributed by atoms with E-state index >= 15 is 0 Å². The van der Waals surface area contributed by atoms with E-state index in [2.05, 4.69) is 10.5 Å². The number of nitrogens with zero attached hydrogens (tertiary/aromatic N) is 3. The number of benzene rings is 2. The molecule has 1 heterocycles. The topological polar surface area (TPSA) is 93.0 Å². The van der Waals surface area contributed by atoms with Crippen molar-refractivity contribution in [1.82, 2.24) is 9.99 Å². The van der Waals surface area contributed by atoms with Crippen molar-refractivity contribution in [3.8, 4) is 11.4 Å². The first kappa shape index (κ1) is 25.6.